The molecule has 82 valence electrons. The summed E-state index contributed by atoms with van der Waals surface area (Å²) in [6.45, 7) is 4.31. The van der Waals surface area contributed by atoms with Gasteiger partial charge in [-0.3, -0.25) is 0 Å². The Morgan fingerprint density at radius 2 is 2.33 bits per heavy atom. The van der Waals surface area contributed by atoms with E-state index in [1.165, 1.54) is 19.3 Å². The van der Waals surface area contributed by atoms with E-state index < -0.39 is 0 Å². The van der Waals surface area contributed by atoms with Crippen LogP contribution >= 0.6 is 0 Å². The van der Waals surface area contributed by atoms with Crippen molar-refractivity contribution >= 4 is 0 Å². The highest BCUT2D eigenvalue weighted by Crippen LogP contribution is 2.40. The normalized spacial score (nSPS) is 31.8. The SMILES string of the molecule is CC1(c2noc(C3CC3)n2)CCCNC1. The van der Waals surface area contributed by atoms with Crippen molar-refractivity contribution in [3.05, 3.63) is 11.7 Å². The predicted octanol–water partition coefficient (Wildman–Crippen LogP) is 1.59. The Morgan fingerprint density at radius 3 is 3.00 bits per heavy atom. The van der Waals surface area contributed by atoms with E-state index in [-0.39, 0.29) is 5.41 Å². The molecule has 1 unspecified atom stereocenters. The minimum Gasteiger partial charge on any atom is -0.339 e. The van der Waals surface area contributed by atoms with Crippen molar-refractivity contribution in [2.24, 2.45) is 0 Å². The molecule has 15 heavy (non-hydrogen) atoms. The van der Waals surface area contributed by atoms with E-state index in [4.69, 9.17) is 4.52 Å². The van der Waals surface area contributed by atoms with Crippen LogP contribution in [-0.2, 0) is 5.41 Å². The van der Waals surface area contributed by atoms with Crippen LogP contribution in [0.25, 0.3) is 0 Å². The molecule has 1 aromatic rings. The van der Waals surface area contributed by atoms with E-state index in [0.717, 1.165) is 31.2 Å². The Labute approximate surface area is 89.4 Å². The average Bonchev–Trinajstić information content (AvgIpc) is 2.97. The standard InChI is InChI=1S/C11H17N3O/c1-11(5-2-6-12-7-11)10-13-9(15-14-10)8-3-4-8/h8,12H,2-7H2,1H3. The quantitative estimate of drug-likeness (QED) is 0.800. The molecule has 4 nitrogen and oxygen atoms in total. The summed E-state index contributed by atoms with van der Waals surface area (Å²) in [5.74, 6) is 2.32. The van der Waals surface area contributed by atoms with Crippen molar-refractivity contribution in [2.45, 2.75) is 43.9 Å². The zero-order chi connectivity index (χ0) is 10.3. The van der Waals surface area contributed by atoms with Gasteiger partial charge in [0.15, 0.2) is 5.82 Å². The van der Waals surface area contributed by atoms with Gasteiger partial charge in [-0.1, -0.05) is 12.1 Å². The van der Waals surface area contributed by atoms with Crippen LogP contribution in [0.4, 0.5) is 0 Å². The molecular weight excluding hydrogens is 190 g/mol. The van der Waals surface area contributed by atoms with Gasteiger partial charge in [-0.15, -0.1) is 0 Å². The minimum absolute atomic E-state index is 0.0783. The number of aromatic nitrogens is 2. The Bertz CT molecular complexity index is 350. The summed E-state index contributed by atoms with van der Waals surface area (Å²) in [5.41, 5.74) is 0.0783. The number of nitrogens with one attached hydrogen (secondary N) is 1. The number of nitrogens with zero attached hydrogens (tertiary/aromatic N) is 2. The molecule has 1 aromatic heterocycles. The Hall–Kier alpha value is -0.900. The largest absolute Gasteiger partial charge is 0.339 e. The number of hydrogen-bond donors (Lipinski definition) is 1. The van der Waals surface area contributed by atoms with Crippen molar-refractivity contribution in [2.75, 3.05) is 13.1 Å². The van der Waals surface area contributed by atoms with Gasteiger partial charge in [-0.2, -0.15) is 4.98 Å². The van der Waals surface area contributed by atoms with Crippen LogP contribution in [0.5, 0.6) is 0 Å². The monoisotopic (exact) mass is 207 g/mol. The van der Waals surface area contributed by atoms with Gasteiger partial charge in [-0.05, 0) is 32.2 Å². The van der Waals surface area contributed by atoms with Gasteiger partial charge in [0, 0.05) is 17.9 Å². The third-order valence-corrected chi connectivity index (χ3v) is 3.51. The molecule has 0 aromatic carbocycles. The maximum absolute atomic E-state index is 5.32. The van der Waals surface area contributed by atoms with E-state index in [1.54, 1.807) is 0 Å². The van der Waals surface area contributed by atoms with Gasteiger partial charge in [0.25, 0.3) is 0 Å². The third-order valence-electron chi connectivity index (χ3n) is 3.51. The molecular formula is C11H17N3O. The van der Waals surface area contributed by atoms with Crippen LogP contribution in [0.1, 0.15) is 50.2 Å². The fraction of sp³-hybridized carbons (Fsp3) is 0.818. The summed E-state index contributed by atoms with van der Waals surface area (Å²) in [6, 6.07) is 0. The molecule has 3 rings (SSSR count). The molecule has 1 atom stereocenters. The first kappa shape index (κ1) is 9.33. The zero-order valence-electron chi connectivity index (χ0n) is 9.12. The van der Waals surface area contributed by atoms with Crippen LogP contribution in [-0.4, -0.2) is 23.2 Å². The molecule has 0 radical (unpaired) electrons. The lowest BCUT2D eigenvalue weighted by atomic mass is 9.82. The molecule has 2 heterocycles. The summed E-state index contributed by atoms with van der Waals surface area (Å²) in [6.07, 6.45) is 4.79. The van der Waals surface area contributed by atoms with Crippen LogP contribution in [0.15, 0.2) is 4.52 Å². The molecule has 2 fully saturated rings. The fourth-order valence-corrected chi connectivity index (χ4v) is 2.22. The minimum atomic E-state index is 0.0783. The molecule has 1 aliphatic heterocycles. The second-order valence-corrected chi connectivity index (χ2v) is 5.07. The lowest BCUT2D eigenvalue weighted by molar-refractivity contribution is 0.303. The van der Waals surface area contributed by atoms with E-state index in [1.807, 2.05) is 0 Å². The second-order valence-electron chi connectivity index (χ2n) is 5.07. The highest BCUT2D eigenvalue weighted by atomic mass is 16.5. The molecule has 2 aliphatic rings. The lowest BCUT2D eigenvalue weighted by Crippen LogP contribution is -2.41. The molecule has 1 N–H and O–H groups in total. The summed E-state index contributed by atoms with van der Waals surface area (Å²) in [5, 5.41) is 7.55. The van der Waals surface area contributed by atoms with Crippen LogP contribution in [0.2, 0.25) is 0 Å². The van der Waals surface area contributed by atoms with Crippen LogP contribution in [0, 0.1) is 0 Å². The Balaban J connectivity index is 1.83. The third kappa shape index (κ3) is 1.67. The molecule has 1 saturated heterocycles. The predicted molar refractivity (Wildman–Crippen MR) is 55.7 cm³/mol. The molecule has 0 amide bonds. The second kappa shape index (κ2) is 3.30. The summed E-state index contributed by atoms with van der Waals surface area (Å²) in [7, 11) is 0. The van der Waals surface area contributed by atoms with Gasteiger partial charge in [-0.25, -0.2) is 0 Å². The first-order valence-electron chi connectivity index (χ1n) is 5.83. The molecule has 4 heteroatoms. The number of piperidine rings is 1. The number of rotatable bonds is 2. The summed E-state index contributed by atoms with van der Waals surface area (Å²) < 4.78 is 5.32. The first-order valence-corrected chi connectivity index (χ1v) is 5.83. The molecule has 1 aliphatic carbocycles. The summed E-state index contributed by atoms with van der Waals surface area (Å²) >= 11 is 0. The highest BCUT2D eigenvalue weighted by molar-refractivity contribution is 5.10. The highest BCUT2D eigenvalue weighted by Gasteiger charge is 2.36. The lowest BCUT2D eigenvalue weighted by Gasteiger charge is -2.30. The summed E-state index contributed by atoms with van der Waals surface area (Å²) in [4.78, 5) is 4.55. The van der Waals surface area contributed by atoms with Gasteiger partial charge >= 0.3 is 0 Å². The smallest absolute Gasteiger partial charge is 0.229 e. The van der Waals surface area contributed by atoms with E-state index in [9.17, 15) is 0 Å². The first-order chi connectivity index (χ1) is 7.28. The van der Waals surface area contributed by atoms with E-state index >= 15 is 0 Å². The van der Waals surface area contributed by atoms with Crippen molar-refractivity contribution < 1.29 is 4.52 Å². The Morgan fingerprint density at radius 1 is 1.47 bits per heavy atom. The van der Waals surface area contributed by atoms with Crippen LogP contribution in [0.3, 0.4) is 0 Å². The Kier molecular flexibility index (Phi) is 2.06. The van der Waals surface area contributed by atoms with E-state index in [2.05, 4.69) is 22.4 Å². The number of hydrogen-bond acceptors (Lipinski definition) is 4. The van der Waals surface area contributed by atoms with Crippen molar-refractivity contribution in [1.29, 1.82) is 0 Å². The van der Waals surface area contributed by atoms with Crippen molar-refractivity contribution in [3.63, 3.8) is 0 Å². The topological polar surface area (TPSA) is 51.0 Å². The molecule has 0 spiro atoms. The molecule has 1 saturated carbocycles. The maximum Gasteiger partial charge on any atom is 0.229 e. The van der Waals surface area contributed by atoms with Crippen molar-refractivity contribution in [1.82, 2.24) is 15.5 Å². The van der Waals surface area contributed by atoms with Crippen LogP contribution < -0.4 is 5.32 Å². The van der Waals surface area contributed by atoms with Crippen molar-refractivity contribution in [3.8, 4) is 0 Å². The maximum atomic E-state index is 5.32. The van der Waals surface area contributed by atoms with E-state index in [0.29, 0.717) is 5.92 Å². The van der Waals surface area contributed by atoms with Gasteiger partial charge < -0.3 is 9.84 Å². The molecule has 0 bridgehead atoms. The fourth-order valence-electron chi connectivity index (χ4n) is 2.22. The van der Waals surface area contributed by atoms with Gasteiger partial charge in [0.05, 0.1) is 0 Å². The average molecular weight is 207 g/mol. The van der Waals surface area contributed by atoms with Gasteiger partial charge in [0.2, 0.25) is 5.89 Å². The zero-order valence-corrected chi connectivity index (χ0v) is 9.12. The van der Waals surface area contributed by atoms with Gasteiger partial charge in [0.1, 0.15) is 0 Å².